The fourth-order valence-electron chi connectivity index (χ4n) is 0.793. The molecule has 0 aromatic rings. The molecule has 0 fully saturated rings. The summed E-state index contributed by atoms with van der Waals surface area (Å²) in [7, 11) is -4.26. The van der Waals surface area contributed by atoms with Crippen LogP contribution in [0.5, 0.6) is 0 Å². The SMILES string of the molecule is O=C(O)CN(CCO)CP(=O)(O)O. The van der Waals surface area contributed by atoms with Gasteiger partial charge in [0.25, 0.3) is 0 Å². The molecule has 0 aliphatic carbocycles. The second-order valence-electron chi connectivity index (χ2n) is 2.48. The Morgan fingerprint density at radius 3 is 2.23 bits per heavy atom. The zero-order chi connectivity index (χ0) is 10.5. The zero-order valence-electron chi connectivity index (χ0n) is 6.83. The van der Waals surface area contributed by atoms with Crippen molar-refractivity contribution in [1.29, 1.82) is 0 Å². The number of rotatable bonds is 6. The standard InChI is InChI=1S/C5H12NO6P/c7-2-1-6(3-5(8)9)4-13(10,11)12/h7H,1-4H2,(H,8,9)(H2,10,11,12). The summed E-state index contributed by atoms with van der Waals surface area (Å²) in [4.78, 5) is 28.2. The molecule has 0 atom stereocenters. The molecule has 0 unspecified atom stereocenters. The van der Waals surface area contributed by atoms with Crippen LogP contribution in [-0.4, -0.2) is 56.9 Å². The molecule has 0 aliphatic heterocycles. The summed E-state index contributed by atoms with van der Waals surface area (Å²) in [6, 6.07) is 0. The van der Waals surface area contributed by atoms with E-state index in [1.807, 2.05) is 0 Å². The van der Waals surface area contributed by atoms with E-state index in [2.05, 4.69) is 0 Å². The topological polar surface area (TPSA) is 118 Å². The highest BCUT2D eigenvalue weighted by Gasteiger charge is 2.20. The van der Waals surface area contributed by atoms with Crippen LogP contribution >= 0.6 is 7.60 Å². The Morgan fingerprint density at radius 1 is 1.38 bits per heavy atom. The summed E-state index contributed by atoms with van der Waals surface area (Å²) in [5, 5.41) is 16.8. The summed E-state index contributed by atoms with van der Waals surface area (Å²) < 4.78 is 10.5. The predicted molar refractivity (Wildman–Crippen MR) is 43.2 cm³/mol. The Labute approximate surface area is 74.8 Å². The molecule has 13 heavy (non-hydrogen) atoms. The molecule has 0 bridgehead atoms. The fraction of sp³-hybridized carbons (Fsp3) is 0.800. The lowest BCUT2D eigenvalue weighted by molar-refractivity contribution is -0.138. The second kappa shape index (κ2) is 5.31. The molecule has 0 aromatic heterocycles. The van der Waals surface area contributed by atoms with Crippen LogP contribution in [0.15, 0.2) is 0 Å². The van der Waals surface area contributed by atoms with Gasteiger partial charge in [0.2, 0.25) is 0 Å². The number of hydrogen-bond acceptors (Lipinski definition) is 4. The Bertz CT molecular complexity index is 213. The second-order valence-corrected chi connectivity index (χ2v) is 4.09. The van der Waals surface area contributed by atoms with E-state index in [9.17, 15) is 9.36 Å². The molecule has 0 saturated carbocycles. The van der Waals surface area contributed by atoms with Crippen molar-refractivity contribution in [1.82, 2.24) is 4.90 Å². The van der Waals surface area contributed by atoms with Gasteiger partial charge in [-0.05, 0) is 0 Å². The van der Waals surface area contributed by atoms with E-state index in [0.29, 0.717) is 0 Å². The molecule has 0 saturated heterocycles. The fourth-order valence-corrected chi connectivity index (χ4v) is 1.56. The largest absolute Gasteiger partial charge is 0.480 e. The number of carbonyl (C=O) groups is 1. The average Bonchev–Trinajstić information content (AvgIpc) is 1.81. The number of hydrogen-bond donors (Lipinski definition) is 4. The lowest BCUT2D eigenvalue weighted by Crippen LogP contribution is -2.33. The van der Waals surface area contributed by atoms with Gasteiger partial charge in [-0.15, -0.1) is 0 Å². The van der Waals surface area contributed by atoms with E-state index in [-0.39, 0.29) is 13.2 Å². The molecule has 0 rings (SSSR count). The lowest BCUT2D eigenvalue weighted by atomic mass is 10.5. The van der Waals surface area contributed by atoms with Gasteiger partial charge >= 0.3 is 13.6 Å². The van der Waals surface area contributed by atoms with Gasteiger partial charge in [0, 0.05) is 6.54 Å². The number of aliphatic hydroxyl groups excluding tert-OH is 1. The van der Waals surface area contributed by atoms with E-state index in [1.165, 1.54) is 0 Å². The first-order valence-corrected chi connectivity index (χ1v) is 5.24. The molecule has 0 radical (unpaired) electrons. The van der Waals surface area contributed by atoms with Gasteiger partial charge in [-0.25, -0.2) is 0 Å². The van der Waals surface area contributed by atoms with Crippen LogP contribution in [0.4, 0.5) is 0 Å². The molecule has 0 amide bonds. The third-order valence-electron chi connectivity index (χ3n) is 1.16. The van der Waals surface area contributed by atoms with Gasteiger partial charge in [-0.3, -0.25) is 14.3 Å². The highest BCUT2D eigenvalue weighted by Crippen LogP contribution is 2.34. The Kier molecular flexibility index (Phi) is 5.12. The molecular weight excluding hydrogens is 201 g/mol. The monoisotopic (exact) mass is 213 g/mol. The summed E-state index contributed by atoms with van der Waals surface area (Å²) in [5.74, 6) is -1.19. The average molecular weight is 213 g/mol. The molecule has 0 spiro atoms. The Morgan fingerprint density at radius 2 is 1.92 bits per heavy atom. The van der Waals surface area contributed by atoms with Crippen LogP contribution in [0, 0.1) is 0 Å². The van der Waals surface area contributed by atoms with E-state index < -0.39 is 26.4 Å². The van der Waals surface area contributed by atoms with E-state index >= 15 is 0 Å². The normalized spacial score (nSPS) is 12.0. The van der Waals surface area contributed by atoms with Crippen LogP contribution in [0.1, 0.15) is 0 Å². The summed E-state index contributed by atoms with van der Waals surface area (Å²) >= 11 is 0. The third kappa shape index (κ3) is 7.89. The van der Waals surface area contributed by atoms with Crippen molar-refractivity contribution in [2.24, 2.45) is 0 Å². The molecular formula is C5H12NO6P. The van der Waals surface area contributed by atoms with Crippen LogP contribution in [-0.2, 0) is 9.36 Å². The Balaban J connectivity index is 4.09. The molecule has 78 valence electrons. The lowest BCUT2D eigenvalue weighted by Gasteiger charge is -2.18. The van der Waals surface area contributed by atoms with Crippen LogP contribution in [0.3, 0.4) is 0 Å². The first kappa shape index (κ1) is 12.5. The predicted octanol–water partition coefficient (Wildman–Crippen LogP) is -1.50. The molecule has 0 aromatic carbocycles. The van der Waals surface area contributed by atoms with Crippen molar-refractivity contribution in [3.8, 4) is 0 Å². The Hall–Kier alpha value is -0.460. The van der Waals surface area contributed by atoms with Crippen molar-refractivity contribution in [3.05, 3.63) is 0 Å². The minimum Gasteiger partial charge on any atom is -0.480 e. The number of aliphatic hydroxyl groups is 1. The van der Waals surface area contributed by atoms with E-state index in [4.69, 9.17) is 20.0 Å². The zero-order valence-corrected chi connectivity index (χ0v) is 7.72. The number of aliphatic carboxylic acids is 1. The van der Waals surface area contributed by atoms with Crippen LogP contribution in [0.25, 0.3) is 0 Å². The number of carboxylic acid groups (broad SMARTS) is 1. The van der Waals surface area contributed by atoms with Gasteiger partial charge in [-0.2, -0.15) is 0 Å². The van der Waals surface area contributed by atoms with Crippen molar-refractivity contribution >= 4 is 13.6 Å². The van der Waals surface area contributed by atoms with Crippen molar-refractivity contribution in [2.45, 2.75) is 0 Å². The quantitative estimate of drug-likeness (QED) is 0.396. The maximum Gasteiger partial charge on any atom is 0.339 e. The minimum absolute atomic E-state index is 0.0720. The smallest absolute Gasteiger partial charge is 0.339 e. The van der Waals surface area contributed by atoms with Gasteiger partial charge in [0.15, 0.2) is 0 Å². The van der Waals surface area contributed by atoms with Crippen molar-refractivity contribution in [2.75, 3.05) is 26.0 Å². The van der Waals surface area contributed by atoms with Gasteiger partial charge in [0.05, 0.1) is 13.2 Å². The highest BCUT2D eigenvalue weighted by atomic mass is 31.2. The maximum absolute atomic E-state index is 10.5. The molecule has 7 nitrogen and oxygen atoms in total. The number of nitrogens with zero attached hydrogens (tertiary/aromatic N) is 1. The molecule has 0 aliphatic rings. The first-order chi connectivity index (χ1) is 5.85. The number of carboxylic acids is 1. The molecule has 4 N–H and O–H groups in total. The van der Waals surface area contributed by atoms with Gasteiger partial charge < -0.3 is 20.0 Å². The van der Waals surface area contributed by atoms with Gasteiger partial charge in [-0.1, -0.05) is 0 Å². The third-order valence-corrected chi connectivity index (χ3v) is 1.93. The van der Waals surface area contributed by atoms with Crippen molar-refractivity contribution in [3.63, 3.8) is 0 Å². The first-order valence-electron chi connectivity index (χ1n) is 3.44. The van der Waals surface area contributed by atoms with Crippen molar-refractivity contribution < 1.29 is 29.4 Å². The summed E-state index contributed by atoms with van der Waals surface area (Å²) in [6.45, 7) is -0.906. The van der Waals surface area contributed by atoms with Crippen LogP contribution in [0.2, 0.25) is 0 Å². The molecule has 8 heteroatoms. The van der Waals surface area contributed by atoms with Gasteiger partial charge in [0.1, 0.15) is 6.29 Å². The minimum atomic E-state index is -4.26. The van der Waals surface area contributed by atoms with E-state index in [0.717, 1.165) is 4.90 Å². The highest BCUT2D eigenvalue weighted by molar-refractivity contribution is 7.51. The maximum atomic E-state index is 10.5. The summed E-state index contributed by atoms with van der Waals surface area (Å²) in [5.41, 5.74) is 0. The van der Waals surface area contributed by atoms with Crippen LogP contribution < -0.4 is 0 Å². The summed E-state index contributed by atoms with van der Waals surface area (Å²) in [6.07, 6.45) is -0.653. The molecule has 0 heterocycles. The van der Waals surface area contributed by atoms with E-state index in [1.54, 1.807) is 0 Å².